The van der Waals surface area contributed by atoms with Gasteiger partial charge in [0.25, 0.3) is 0 Å². The summed E-state index contributed by atoms with van der Waals surface area (Å²) in [4.78, 5) is 21.7. The Kier molecular flexibility index (Phi) is 4.13. The zero-order chi connectivity index (χ0) is 19.8. The third-order valence-electron chi connectivity index (χ3n) is 5.07. The third kappa shape index (κ3) is 3.38. The molecular weight excluding hydrogens is 360 g/mol. The maximum atomic E-state index is 12.8. The maximum absolute atomic E-state index is 12.8. The molecule has 0 N–H and O–H groups in total. The average Bonchev–Trinajstić information content (AvgIpc) is 3.19. The van der Waals surface area contributed by atoms with Crippen LogP contribution in [0.15, 0.2) is 79.4 Å². The van der Waals surface area contributed by atoms with E-state index in [1.807, 2.05) is 68.1 Å². The van der Waals surface area contributed by atoms with Crippen LogP contribution in [-0.2, 0) is 13.5 Å². The fourth-order valence-electron chi connectivity index (χ4n) is 3.52. The minimum atomic E-state index is 0.0125. The number of ketones is 1. The molecule has 5 rings (SSSR count). The monoisotopic (exact) mass is 378 g/mol. The molecule has 3 heterocycles. The van der Waals surface area contributed by atoms with Crippen molar-refractivity contribution in [3.05, 3.63) is 90.6 Å². The Labute approximate surface area is 167 Å². The Morgan fingerprint density at radius 1 is 0.862 bits per heavy atom. The van der Waals surface area contributed by atoms with E-state index in [2.05, 4.69) is 27.2 Å². The van der Waals surface area contributed by atoms with Crippen LogP contribution in [0, 0.1) is 0 Å². The summed E-state index contributed by atoms with van der Waals surface area (Å²) in [5.41, 5.74) is 4.39. The van der Waals surface area contributed by atoms with Crippen molar-refractivity contribution in [3.63, 3.8) is 0 Å². The number of nitrogens with zero attached hydrogens (tertiary/aromatic N) is 4. The summed E-state index contributed by atoms with van der Waals surface area (Å²) < 4.78 is 1.79. The highest BCUT2D eigenvalue weighted by molar-refractivity contribution is 6.00. The molecule has 0 amide bonds. The Morgan fingerprint density at radius 3 is 2.62 bits per heavy atom. The van der Waals surface area contributed by atoms with Crippen molar-refractivity contribution in [2.75, 3.05) is 0 Å². The Hall–Kier alpha value is -3.86. The van der Waals surface area contributed by atoms with Crippen LogP contribution in [-0.4, -0.2) is 25.5 Å². The van der Waals surface area contributed by atoms with Crippen molar-refractivity contribution >= 4 is 27.5 Å². The number of Topliss-reactive ketones (excluding diaryl/α,β-unsaturated/α-hetero) is 1. The fraction of sp³-hybridized carbons (Fsp3) is 0.0833. The number of pyridine rings is 2. The van der Waals surface area contributed by atoms with Gasteiger partial charge in [0.15, 0.2) is 5.78 Å². The minimum absolute atomic E-state index is 0.0125. The topological polar surface area (TPSA) is 60.7 Å². The zero-order valence-electron chi connectivity index (χ0n) is 15.9. The van der Waals surface area contributed by atoms with Crippen LogP contribution in [0.1, 0.15) is 16.1 Å². The summed E-state index contributed by atoms with van der Waals surface area (Å²) in [6.45, 7) is 0. The van der Waals surface area contributed by atoms with Gasteiger partial charge in [0, 0.05) is 53.2 Å². The summed E-state index contributed by atoms with van der Waals surface area (Å²) >= 11 is 0. The third-order valence-corrected chi connectivity index (χ3v) is 5.07. The van der Waals surface area contributed by atoms with E-state index in [9.17, 15) is 4.79 Å². The first-order chi connectivity index (χ1) is 14.2. The van der Waals surface area contributed by atoms with Crippen molar-refractivity contribution in [3.8, 4) is 11.1 Å². The summed E-state index contributed by atoms with van der Waals surface area (Å²) in [7, 11) is 1.90. The molecule has 5 aromatic rings. The molecule has 2 aromatic carbocycles. The highest BCUT2D eigenvalue weighted by Crippen LogP contribution is 2.24. The van der Waals surface area contributed by atoms with Gasteiger partial charge in [-0.1, -0.05) is 30.3 Å². The lowest BCUT2D eigenvalue weighted by Crippen LogP contribution is -2.05. The zero-order valence-corrected chi connectivity index (χ0v) is 15.9. The van der Waals surface area contributed by atoms with Crippen LogP contribution in [0.3, 0.4) is 0 Å². The highest BCUT2D eigenvalue weighted by atomic mass is 16.1. The number of fused-ring (bicyclic) bond motifs is 2. The molecule has 5 nitrogen and oxygen atoms in total. The lowest BCUT2D eigenvalue weighted by atomic mass is 10.0. The molecule has 0 bridgehead atoms. The van der Waals surface area contributed by atoms with Crippen molar-refractivity contribution < 1.29 is 4.79 Å². The van der Waals surface area contributed by atoms with Crippen molar-refractivity contribution in [2.24, 2.45) is 7.05 Å². The Morgan fingerprint density at radius 2 is 1.76 bits per heavy atom. The number of carbonyl (C=O) groups is 1. The molecular formula is C24H18N4O. The van der Waals surface area contributed by atoms with Crippen LogP contribution < -0.4 is 0 Å². The number of para-hydroxylation sites is 1. The minimum Gasteiger partial charge on any atom is -0.294 e. The average molecular weight is 378 g/mol. The highest BCUT2D eigenvalue weighted by Gasteiger charge is 2.11. The molecule has 0 atom stereocenters. The van der Waals surface area contributed by atoms with Crippen LogP contribution in [0.4, 0.5) is 0 Å². The first-order valence-corrected chi connectivity index (χ1v) is 9.41. The molecule has 5 heteroatoms. The normalized spacial score (nSPS) is 11.2. The lowest BCUT2D eigenvalue weighted by molar-refractivity contribution is 0.0992. The molecule has 3 aromatic heterocycles. The Bertz CT molecular complexity index is 1370. The maximum Gasteiger partial charge on any atom is 0.170 e. The number of carbonyl (C=O) groups excluding carboxylic acids is 1. The second-order valence-electron chi connectivity index (χ2n) is 7.16. The van der Waals surface area contributed by atoms with Gasteiger partial charge < -0.3 is 0 Å². The number of benzene rings is 2. The van der Waals surface area contributed by atoms with Gasteiger partial charge >= 0.3 is 0 Å². The van der Waals surface area contributed by atoms with E-state index in [0.29, 0.717) is 5.56 Å². The predicted octanol–water partition coefficient (Wildman–Crippen LogP) is 4.61. The van der Waals surface area contributed by atoms with Crippen molar-refractivity contribution in [1.29, 1.82) is 0 Å². The van der Waals surface area contributed by atoms with Crippen LogP contribution in [0.5, 0.6) is 0 Å². The molecule has 0 radical (unpaired) electrons. The van der Waals surface area contributed by atoms with Crippen molar-refractivity contribution in [2.45, 2.75) is 6.42 Å². The molecule has 140 valence electrons. The summed E-state index contributed by atoms with van der Waals surface area (Å²) in [6, 6.07) is 17.9. The number of aryl methyl sites for hydroxylation is 1. The SMILES string of the molecule is Cn1cc(-c2ccc3cnc(CC(=O)c4cnc5ccccc5c4)cc3c2)cn1. The van der Waals surface area contributed by atoms with Gasteiger partial charge in [-0.05, 0) is 35.2 Å². The van der Waals surface area contributed by atoms with Gasteiger partial charge in [0.2, 0.25) is 0 Å². The van der Waals surface area contributed by atoms with Crippen LogP contribution in [0.2, 0.25) is 0 Å². The molecule has 0 aliphatic rings. The molecule has 0 aliphatic carbocycles. The van der Waals surface area contributed by atoms with Gasteiger partial charge in [0.05, 0.1) is 18.1 Å². The number of hydrogen-bond acceptors (Lipinski definition) is 4. The molecule has 0 spiro atoms. The van der Waals surface area contributed by atoms with Gasteiger partial charge in [-0.25, -0.2) is 0 Å². The Balaban J connectivity index is 1.45. The number of hydrogen-bond donors (Lipinski definition) is 0. The second kappa shape index (κ2) is 6.95. The second-order valence-corrected chi connectivity index (χ2v) is 7.16. The van der Waals surface area contributed by atoms with E-state index in [1.54, 1.807) is 10.9 Å². The summed E-state index contributed by atoms with van der Waals surface area (Å²) in [6.07, 6.45) is 7.54. The summed E-state index contributed by atoms with van der Waals surface area (Å²) in [5.74, 6) is 0.0125. The molecule has 0 unspecified atom stereocenters. The standard InChI is InChI=1S/C24H18N4O/c1-28-15-21(14-27-28)16-6-7-18-12-25-22(10-19(18)8-16)11-24(29)20-9-17-4-2-3-5-23(17)26-13-20/h2-10,12-15H,11H2,1H3. The smallest absolute Gasteiger partial charge is 0.170 e. The van der Waals surface area contributed by atoms with E-state index < -0.39 is 0 Å². The first-order valence-electron chi connectivity index (χ1n) is 9.41. The van der Waals surface area contributed by atoms with E-state index in [1.165, 1.54) is 0 Å². The number of aromatic nitrogens is 4. The van der Waals surface area contributed by atoms with E-state index in [0.717, 1.165) is 38.5 Å². The predicted molar refractivity (Wildman–Crippen MR) is 114 cm³/mol. The summed E-state index contributed by atoms with van der Waals surface area (Å²) in [5, 5.41) is 7.30. The van der Waals surface area contributed by atoms with Gasteiger partial charge in [-0.15, -0.1) is 0 Å². The van der Waals surface area contributed by atoms with Crippen LogP contribution in [0.25, 0.3) is 32.8 Å². The molecule has 0 aliphatic heterocycles. The van der Waals surface area contributed by atoms with Crippen molar-refractivity contribution in [1.82, 2.24) is 19.7 Å². The lowest BCUT2D eigenvalue weighted by Gasteiger charge is -2.06. The van der Waals surface area contributed by atoms with Crippen LogP contribution >= 0.6 is 0 Å². The van der Waals surface area contributed by atoms with Gasteiger partial charge in [0.1, 0.15) is 0 Å². The molecule has 29 heavy (non-hydrogen) atoms. The van der Waals surface area contributed by atoms with Gasteiger partial charge in [-0.2, -0.15) is 5.10 Å². The van der Waals surface area contributed by atoms with E-state index in [4.69, 9.17) is 0 Å². The fourth-order valence-corrected chi connectivity index (χ4v) is 3.52. The largest absolute Gasteiger partial charge is 0.294 e. The van der Waals surface area contributed by atoms with E-state index in [-0.39, 0.29) is 12.2 Å². The first kappa shape index (κ1) is 17.3. The number of rotatable bonds is 4. The quantitative estimate of drug-likeness (QED) is 0.429. The molecule has 0 fully saturated rings. The molecule has 0 saturated carbocycles. The van der Waals surface area contributed by atoms with Gasteiger partial charge in [-0.3, -0.25) is 19.4 Å². The molecule has 0 saturated heterocycles. The van der Waals surface area contributed by atoms with E-state index >= 15 is 0 Å².